The molecule has 5 heteroatoms. The number of nitrogens with zero attached hydrogens (tertiary/aromatic N) is 3. The summed E-state index contributed by atoms with van der Waals surface area (Å²) in [7, 11) is 0. The number of aliphatic hydroxyl groups is 1. The molecule has 2 rings (SSSR count). The maximum absolute atomic E-state index is 9.85. The average molecular weight is 336 g/mol. The lowest BCUT2D eigenvalue weighted by atomic mass is 10.1. The van der Waals surface area contributed by atoms with Crippen LogP contribution in [0.15, 0.2) is 12.1 Å². The van der Waals surface area contributed by atoms with E-state index in [1.54, 1.807) is 0 Å². The van der Waals surface area contributed by atoms with Gasteiger partial charge in [-0.2, -0.15) is 5.10 Å². The standard InChI is InChI=1S/C18H29N3OS/c1-6-9-21-16(5)18(15(4)19-21)12-20(10-13(2)22)11-17-8-7-14(3)23-17/h7-8,13,22H,6,9-12H2,1-5H3. The van der Waals surface area contributed by atoms with Crippen LogP contribution in [-0.4, -0.2) is 32.4 Å². The highest BCUT2D eigenvalue weighted by atomic mass is 32.1. The van der Waals surface area contributed by atoms with Gasteiger partial charge in [0.15, 0.2) is 0 Å². The predicted molar refractivity (Wildman–Crippen MR) is 96.8 cm³/mol. The first-order valence-electron chi connectivity index (χ1n) is 8.39. The van der Waals surface area contributed by atoms with Gasteiger partial charge in [0.2, 0.25) is 0 Å². The Morgan fingerprint density at radius 1 is 1.26 bits per heavy atom. The molecule has 0 amide bonds. The number of aromatic nitrogens is 2. The largest absolute Gasteiger partial charge is 0.392 e. The van der Waals surface area contributed by atoms with Crippen LogP contribution in [-0.2, 0) is 19.6 Å². The van der Waals surface area contributed by atoms with Crippen molar-refractivity contribution >= 4 is 11.3 Å². The lowest BCUT2D eigenvalue weighted by Gasteiger charge is -2.23. The lowest BCUT2D eigenvalue weighted by Crippen LogP contribution is -2.30. The summed E-state index contributed by atoms with van der Waals surface area (Å²) in [6, 6.07) is 4.35. The Balaban J connectivity index is 2.17. The smallest absolute Gasteiger partial charge is 0.0641 e. The van der Waals surface area contributed by atoms with Crippen LogP contribution in [0.4, 0.5) is 0 Å². The van der Waals surface area contributed by atoms with Crippen molar-refractivity contribution in [2.45, 2.75) is 66.8 Å². The van der Waals surface area contributed by atoms with Gasteiger partial charge >= 0.3 is 0 Å². The molecule has 0 saturated carbocycles. The fourth-order valence-corrected chi connectivity index (χ4v) is 3.90. The van der Waals surface area contributed by atoms with E-state index in [1.807, 2.05) is 18.3 Å². The number of aliphatic hydroxyl groups excluding tert-OH is 1. The minimum atomic E-state index is -0.331. The fourth-order valence-electron chi connectivity index (χ4n) is 2.97. The van der Waals surface area contributed by atoms with Gasteiger partial charge in [-0.05, 0) is 46.2 Å². The Labute approximate surface area is 143 Å². The first-order chi connectivity index (χ1) is 10.9. The van der Waals surface area contributed by atoms with Crippen LogP contribution >= 0.6 is 11.3 Å². The van der Waals surface area contributed by atoms with E-state index < -0.39 is 0 Å². The van der Waals surface area contributed by atoms with Crippen molar-refractivity contribution in [3.8, 4) is 0 Å². The maximum atomic E-state index is 9.85. The highest BCUT2D eigenvalue weighted by Crippen LogP contribution is 2.21. The molecular formula is C18H29N3OS. The second kappa shape index (κ2) is 8.08. The topological polar surface area (TPSA) is 41.3 Å². The van der Waals surface area contributed by atoms with Gasteiger partial charge in [0, 0.05) is 47.2 Å². The van der Waals surface area contributed by atoms with E-state index in [0.29, 0.717) is 6.54 Å². The number of aryl methyl sites for hydroxylation is 3. The summed E-state index contributed by atoms with van der Waals surface area (Å²) in [4.78, 5) is 5.00. The van der Waals surface area contributed by atoms with E-state index >= 15 is 0 Å². The molecule has 0 radical (unpaired) electrons. The lowest BCUT2D eigenvalue weighted by molar-refractivity contribution is 0.118. The summed E-state index contributed by atoms with van der Waals surface area (Å²) in [6.07, 6.45) is 0.759. The Kier molecular flexibility index (Phi) is 6.39. The zero-order chi connectivity index (χ0) is 17.0. The van der Waals surface area contributed by atoms with E-state index in [0.717, 1.165) is 31.7 Å². The van der Waals surface area contributed by atoms with E-state index in [4.69, 9.17) is 0 Å². The molecule has 128 valence electrons. The molecule has 1 N–H and O–H groups in total. The van der Waals surface area contributed by atoms with Gasteiger partial charge < -0.3 is 5.11 Å². The van der Waals surface area contributed by atoms with Crippen LogP contribution in [0.2, 0.25) is 0 Å². The van der Waals surface area contributed by atoms with E-state index in [-0.39, 0.29) is 6.10 Å². The van der Waals surface area contributed by atoms with Crippen LogP contribution in [0.5, 0.6) is 0 Å². The number of thiophene rings is 1. The second-order valence-corrected chi connectivity index (χ2v) is 7.78. The number of rotatable bonds is 8. The summed E-state index contributed by atoms with van der Waals surface area (Å²) >= 11 is 1.83. The first-order valence-corrected chi connectivity index (χ1v) is 9.21. The summed E-state index contributed by atoms with van der Waals surface area (Å²) in [5.41, 5.74) is 3.66. The van der Waals surface area contributed by atoms with Gasteiger partial charge in [-0.15, -0.1) is 11.3 Å². The Hall–Kier alpha value is -1.17. The molecule has 23 heavy (non-hydrogen) atoms. The minimum absolute atomic E-state index is 0.331. The quantitative estimate of drug-likeness (QED) is 0.800. The van der Waals surface area contributed by atoms with Crippen LogP contribution in [0.3, 0.4) is 0 Å². The fraction of sp³-hybridized carbons (Fsp3) is 0.611. The molecule has 1 atom stereocenters. The Bertz CT molecular complexity index is 630. The zero-order valence-corrected chi connectivity index (χ0v) is 15.8. The summed E-state index contributed by atoms with van der Waals surface area (Å²) in [5, 5.41) is 14.5. The predicted octanol–water partition coefficient (Wildman–Crippen LogP) is 3.66. The van der Waals surface area contributed by atoms with E-state index in [2.05, 4.69) is 54.5 Å². The van der Waals surface area contributed by atoms with Crippen LogP contribution in [0.25, 0.3) is 0 Å². The van der Waals surface area contributed by atoms with Crippen molar-refractivity contribution in [1.29, 1.82) is 0 Å². The molecule has 2 heterocycles. The summed E-state index contributed by atoms with van der Waals surface area (Å²) in [5.74, 6) is 0. The molecule has 4 nitrogen and oxygen atoms in total. The first kappa shape index (κ1) is 18.2. The number of hydrogen-bond donors (Lipinski definition) is 1. The van der Waals surface area contributed by atoms with Gasteiger partial charge in [-0.3, -0.25) is 9.58 Å². The molecule has 0 spiro atoms. The van der Waals surface area contributed by atoms with Crippen molar-refractivity contribution in [3.63, 3.8) is 0 Å². The van der Waals surface area contributed by atoms with Crippen molar-refractivity contribution in [3.05, 3.63) is 38.8 Å². The third kappa shape index (κ3) is 4.90. The highest BCUT2D eigenvalue weighted by Gasteiger charge is 2.17. The molecule has 0 fully saturated rings. The molecule has 0 aliphatic rings. The van der Waals surface area contributed by atoms with Crippen LogP contribution < -0.4 is 0 Å². The minimum Gasteiger partial charge on any atom is -0.392 e. The van der Waals surface area contributed by atoms with Crippen molar-refractivity contribution in [2.24, 2.45) is 0 Å². The third-order valence-electron chi connectivity index (χ3n) is 4.05. The monoisotopic (exact) mass is 335 g/mol. The van der Waals surface area contributed by atoms with Gasteiger partial charge in [0.25, 0.3) is 0 Å². The molecule has 0 saturated heterocycles. The summed E-state index contributed by atoms with van der Waals surface area (Å²) in [6.45, 7) is 13.8. The maximum Gasteiger partial charge on any atom is 0.0641 e. The molecule has 1 unspecified atom stereocenters. The summed E-state index contributed by atoms with van der Waals surface area (Å²) < 4.78 is 2.11. The van der Waals surface area contributed by atoms with Gasteiger partial charge in [-0.25, -0.2) is 0 Å². The van der Waals surface area contributed by atoms with Crippen molar-refractivity contribution < 1.29 is 5.11 Å². The molecule has 0 bridgehead atoms. The molecule has 0 aliphatic heterocycles. The van der Waals surface area contributed by atoms with Crippen LogP contribution in [0.1, 0.15) is 47.0 Å². The van der Waals surface area contributed by atoms with Crippen LogP contribution in [0, 0.1) is 20.8 Å². The average Bonchev–Trinajstić information content (AvgIpc) is 2.97. The van der Waals surface area contributed by atoms with Gasteiger partial charge in [0.05, 0.1) is 11.8 Å². The molecule has 0 aromatic carbocycles. The van der Waals surface area contributed by atoms with Gasteiger partial charge in [0.1, 0.15) is 0 Å². The number of hydrogen-bond acceptors (Lipinski definition) is 4. The normalized spacial score (nSPS) is 13.0. The van der Waals surface area contributed by atoms with Crippen molar-refractivity contribution in [2.75, 3.05) is 6.54 Å². The van der Waals surface area contributed by atoms with E-state index in [9.17, 15) is 5.11 Å². The Morgan fingerprint density at radius 3 is 2.57 bits per heavy atom. The molecule has 2 aromatic rings. The Morgan fingerprint density at radius 2 is 2.00 bits per heavy atom. The molecule has 0 aliphatic carbocycles. The highest BCUT2D eigenvalue weighted by molar-refractivity contribution is 7.11. The van der Waals surface area contributed by atoms with Crippen molar-refractivity contribution in [1.82, 2.24) is 14.7 Å². The van der Waals surface area contributed by atoms with E-state index in [1.165, 1.54) is 21.0 Å². The third-order valence-corrected chi connectivity index (χ3v) is 5.03. The van der Waals surface area contributed by atoms with Gasteiger partial charge in [-0.1, -0.05) is 6.92 Å². The zero-order valence-electron chi connectivity index (χ0n) is 15.0. The SMILES string of the molecule is CCCn1nc(C)c(CN(Cc2ccc(C)s2)CC(C)O)c1C. The molecule has 2 aromatic heterocycles. The second-order valence-electron chi connectivity index (χ2n) is 6.40. The molecular weight excluding hydrogens is 306 g/mol.